The van der Waals surface area contributed by atoms with Crippen molar-refractivity contribution in [3.05, 3.63) is 39.9 Å². The molecule has 0 saturated heterocycles. The van der Waals surface area contributed by atoms with Crippen molar-refractivity contribution in [2.45, 2.75) is 38.7 Å². The van der Waals surface area contributed by atoms with Crippen molar-refractivity contribution in [2.24, 2.45) is 5.41 Å². The van der Waals surface area contributed by atoms with E-state index in [-0.39, 0.29) is 11.6 Å². The molecule has 1 aromatic rings. The summed E-state index contributed by atoms with van der Waals surface area (Å²) < 4.78 is 5.29. The van der Waals surface area contributed by atoms with E-state index in [1.165, 1.54) is 12.1 Å². The van der Waals surface area contributed by atoms with Gasteiger partial charge in [-0.2, -0.15) is 5.26 Å². The molecule has 110 valence electrons. The molecule has 6 heteroatoms. The fourth-order valence-electron chi connectivity index (χ4n) is 2.28. The first-order valence-electron chi connectivity index (χ1n) is 6.59. The van der Waals surface area contributed by atoms with Crippen molar-refractivity contribution in [1.82, 2.24) is 0 Å². The first-order valence-corrected chi connectivity index (χ1v) is 6.59. The summed E-state index contributed by atoms with van der Waals surface area (Å²) in [4.78, 5) is 22.5. The highest BCUT2D eigenvalue weighted by Gasteiger charge is 2.63. The van der Waals surface area contributed by atoms with E-state index in [1.54, 1.807) is 32.9 Å². The minimum Gasteiger partial charge on any atom is -0.459 e. The average molecular weight is 288 g/mol. The molecule has 1 aliphatic carbocycles. The Morgan fingerprint density at radius 1 is 1.52 bits per heavy atom. The van der Waals surface area contributed by atoms with Crippen LogP contribution in [-0.4, -0.2) is 16.5 Å². The SMILES string of the molecule is CC(C)(C)OC(=O)[C@]1(C#N)C[C@H]1c1cccc([N+](=O)[O-])c1. The number of non-ortho nitro benzene ring substituents is 1. The predicted octanol–water partition coefficient (Wildman–Crippen LogP) is 2.93. The number of nitriles is 1. The van der Waals surface area contributed by atoms with E-state index in [1.807, 2.05) is 6.07 Å². The van der Waals surface area contributed by atoms with Crippen LogP contribution in [0.5, 0.6) is 0 Å². The minimum absolute atomic E-state index is 0.0459. The number of carbonyl (C=O) groups excluding carboxylic acids is 1. The lowest BCUT2D eigenvalue weighted by molar-refractivity contribution is -0.384. The highest BCUT2D eigenvalue weighted by molar-refractivity contribution is 5.86. The topological polar surface area (TPSA) is 93.2 Å². The predicted molar refractivity (Wildman–Crippen MR) is 74.3 cm³/mol. The molecule has 0 N–H and O–H groups in total. The van der Waals surface area contributed by atoms with E-state index in [9.17, 15) is 20.2 Å². The number of benzene rings is 1. The third-order valence-electron chi connectivity index (χ3n) is 3.41. The summed E-state index contributed by atoms with van der Waals surface area (Å²) in [6.07, 6.45) is 0.333. The maximum atomic E-state index is 12.2. The molecular formula is C15H16N2O4. The molecule has 0 aromatic heterocycles. The van der Waals surface area contributed by atoms with Gasteiger partial charge in [0.15, 0.2) is 5.41 Å². The number of hydrogen-bond acceptors (Lipinski definition) is 5. The zero-order valence-corrected chi connectivity index (χ0v) is 12.1. The van der Waals surface area contributed by atoms with Crippen molar-refractivity contribution >= 4 is 11.7 Å². The largest absolute Gasteiger partial charge is 0.459 e. The van der Waals surface area contributed by atoms with Gasteiger partial charge < -0.3 is 4.74 Å². The van der Waals surface area contributed by atoms with Gasteiger partial charge in [0.2, 0.25) is 0 Å². The lowest BCUT2D eigenvalue weighted by Crippen LogP contribution is -2.29. The van der Waals surface area contributed by atoms with Crippen LogP contribution in [0.25, 0.3) is 0 Å². The van der Waals surface area contributed by atoms with Gasteiger partial charge in [-0.25, -0.2) is 0 Å². The average Bonchev–Trinajstić information content (AvgIpc) is 3.13. The zero-order valence-electron chi connectivity index (χ0n) is 12.1. The molecule has 0 spiro atoms. The zero-order chi connectivity index (χ0) is 15.8. The van der Waals surface area contributed by atoms with E-state index < -0.39 is 21.9 Å². The van der Waals surface area contributed by atoms with E-state index >= 15 is 0 Å². The Labute approximate surface area is 122 Å². The molecule has 1 fully saturated rings. The molecule has 1 aliphatic rings. The third-order valence-corrected chi connectivity index (χ3v) is 3.41. The second-order valence-electron chi connectivity index (χ2n) is 6.19. The van der Waals surface area contributed by atoms with Crippen LogP contribution < -0.4 is 0 Å². The first kappa shape index (κ1) is 15.0. The molecule has 1 aromatic carbocycles. The van der Waals surface area contributed by atoms with Crippen LogP contribution >= 0.6 is 0 Å². The molecule has 1 saturated carbocycles. The van der Waals surface area contributed by atoms with Gasteiger partial charge >= 0.3 is 5.97 Å². The Hall–Kier alpha value is -2.42. The standard InChI is InChI=1S/C15H16N2O4/c1-14(2,3)21-13(18)15(9-16)8-12(15)10-5-4-6-11(7-10)17(19)20/h4-7,12H,8H2,1-3H3/t12-,15-/m0/s1. The number of hydrogen-bond donors (Lipinski definition) is 0. The number of nitro groups is 1. The molecule has 0 radical (unpaired) electrons. The van der Waals surface area contributed by atoms with E-state index in [0.717, 1.165) is 0 Å². The second-order valence-corrected chi connectivity index (χ2v) is 6.19. The summed E-state index contributed by atoms with van der Waals surface area (Å²) in [7, 11) is 0. The quantitative estimate of drug-likeness (QED) is 0.484. The number of nitrogens with zero attached hydrogens (tertiary/aromatic N) is 2. The summed E-state index contributed by atoms with van der Waals surface area (Å²) in [6.45, 7) is 5.21. The van der Waals surface area contributed by atoms with Gasteiger partial charge in [0.05, 0.1) is 11.0 Å². The lowest BCUT2D eigenvalue weighted by Gasteiger charge is -2.21. The van der Waals surface area contributed by atoms with Crippen molar-refractivity contribution in [2.75, 3.05) is 0 Å². The number of nitro benzene ring substituents is 1. The molecule has 0 aliphatic heterocycles. The van der Waals surface area contributed by atoms with E-state index in [4.69, 9.17) is 4.74 Å². The molecule has 0 bridgehead atoms. The number of ether oxygens (including phenoxy) is 1. The molecule has 2 rings (SSSR count). The molecule has 6 nitrogen and oxygen atoms in total. The van der Waals surface area contributed by atoms with Crippen LogP contribution in [0.3, 0.4) is 0 Å². The van der Waals surface area contributed by atoms with Crippen LogP contribution in [0.2, 0.25) is 0 Å². The smallest absolute Gasteiger partial charge is 0.327 e. The van der Waals surface area contributed by atoms with E-state index in [0.29, 0.717) is 12.0 Å². The highest BCUT2D eigenvalue weighted by Crippen LogP contribution is 2.60. The van der Waals surface area contributed by atoms with Crippen LogP contribution in [0.1, 0.15) is 38.7 Å². The summed E-state index contributed by atoms with van der Waals surface area (Å²) in [5, 5.41) is 20.1. The van der Waals surface area contributed by atoms with Crippen LogP contribution in [0, 0.1) is 26.9 Å². The van der Waals surface area contributed by atoms with Crippen LogP contribution in [0.15, 0.2) is 24.3 Å². The second kappa shape index (κ2) is 4.85. The van der Waals surface area contributed by atoms with Gasteiger partial charge in [0, 0.05) is 18.1 Å². The van der Waals surface area contributed by atoms with Gasteiger partial charge in [-0.05, 0) is 32.8 Å². The van der Waals surface area contributed by atoms with Crippen molar-refractivity contribution in [1.29, 1.82) is 5.26 Å². The lowest BCUT2D eigenvalue weighted by atomic mass is 10.00. The number of rotatable bonds is 3. The Morgan fingerprint density at radius 2 is 2.19 bits per heavy atom. The van der Waals surface area contributed by atoms with Crippen LogP contribution in [-0.2, 0) is 9.53 Å². The van der Waals surface area contributed by atoms with Gasteiger partial charge in [-0.1, -0.05) is 12.1 Å². The van der Waals surface area contributed by atoms with E-state index in [2.05, 4.69) is 0 Å². The van der Waals surface area contributed by atoms with Crippen LogP contribution in [0.4, 0.5) is 5.69 Å². The maximum absolute atomic E-state index is 12.2. The van der Waals surface area contributed by atoms with Gasteiger partial charge in [0.25, 0.3) is 5.69 Å². The fourth-order valence-corrected chi connectivity index (χ4v) is 2.28. The van der Waals surface area contributed by atoms with Crippen molar-refractivity contribution in [3.8, 4) is 6.07 Å². The normalized spacial score (nSPS) is 24.0. The fraction of sp³-hybridized carbons (Fsp3) is 0.467. The molecule has 0 heterocycles. The number of esters is 1. The Morgan fingerprint density at radius 3 is 2.71 bits per heavy atom. The summed E-state index contributed by atoms with van der Waals surface area (Å²) in [5.74, 6) is -0.911. The van der Waals surface area contributed by atoms with Crippen molar-refractivity contribution in [3.63, 3.8) is 0 Å². The summed E-state index contributed by atoms with van der Waals surface area (Å²) in [5.41, 5.74) is -1.31. The highest BCUT2D eigenvalue weighted by atomic mass is 16.6. The first-order chi connectivity index (χ1) is 9.69. The van der Waals surface area contributed by atoms with Crippen molar-refractivity contribution < 1.29 is 14.5 Å². The maximum Gasteiger partial charge on any atom is 0.327 e. The molecule has 21 heavy (non-hydrogen) atoms. The summed E-state index contributed by atoms with van der Waals surface area (Å²) in [6, 6.07) is 8.07. The Balaban J connectivity index is 2.25. The third kappa shape index (κ3) is 2.87. The van der Waals surface area contributed by atoms with Gasteiger partial charge in [-0.3, -0.25) is 14.9 Å². The van der Waals surface area contributed by atoms with Gasteiger partial charge in [0.1, 0.15) is 5.60 Å². The number of carbonyl (C=O) groups is 1. The molecule has 0 amide bonds. The monoisotopic (exact) mass is 288 g/mol. The Bertz CT molecular complexity index is 642. The molecule has 0 unspecified atom stereocenters. The van der Waals surface area contributed by atoms with Gasteiger partial charge in [-0.15, -0.1) is 0 Å². The summed E-state index contributed by atoms with van der Waals surface area (Å²) >= 11 is 0. The Kier molecular flexibility index (Phi) is 3.46. The minimum atomic E-state index is -1.22. The molecule has 2 atom stereocenters. The molecular weight excluding hydrogens is 272 g/mol.